The van der Waals surface area contributed by atoms with Gasteiger partial charge in [0.1, 0.15) is 17.1 Å². The van der Waals surface area contributed by atoms with E-state index >= 15 is 0 Å². The van der Waals surface area contributed by atoms with E-state index in [1.165, 1.54) is 0 Å². The van der Waals surface area contributed by atoms with Crippen LogP contribution in [-0.2, 0) is 5.60 Å². The number of para-hydroxylation sites is 1. The lowest BCUT2D eigenvalue weighted by atomic mass is 9.96. The molecule has 2 rings (SSSR count). The number of hydrogen-bond donors (Lipinski definition) is 4. The maximum absolute atomic E-state index is 10.8. The summed E-state index contributed by atoms with van der Waals surface area (Å²) in [6.07, 6.45) is 0.954. The Morgan fingerprint density at radius 2 is 1.86 bits per heavy atom. The summed E-state index contributed by atoms with van der Waals surface area (Å²) in [5.74, 6) is 2.23. The molecule has 7 heteroatoms. The predicted molar refractivity (Wildman–Crippen MR) is 127 cm³/mol. The van der Waals surface area contributed by atoms with Crippen LogP contribution in [0.5, 0.6) is 0 Å². The summed E-state index contributed by atoms with van der Waals surface area (Å²) in [5, 5.41) is 20.7. The van der Waals surface area contributed by atoms with Crippen molar-refractivity contribution in [2.75, 3.05) is 31.5 Å². The third-order valence-electron chi connectivity index (χ3n) is 4.26. The zero-order valence-corrected chi connectivity index (χ0v) is 19.5. The van der Waals surface area contributed by atoms with Crippen molar-refractivity contribution in [1.82, 2.24) is 10.6 Å². The fraction of sp³-hybridized carbons (Fsp3) is 0.476. The molecule has 6 nitrogen and oxygen atoms in total. The number of aliphatic imine (C=N–C) groups is 1. The van der Waals surface area contributed by atoms with E-state index < -0.39 is 5.60 Å². The predicted octanol–water partition coefficient (Wildman–Crippen LogP) is 3.78. The van der Waals surface area contributed by atoms with Crippen LogP contribution in [0.2, 0.25) is 0 Å². The largest absolute Gasteiger partial charge is 0.466 e. The fourth-order valence-electron chi connectivity index (χ4n) is 2.91. The van der Waals surface area contributed by atoms with Gasteiger partial charge in [-0.1, -0.05) is 18.2 Å². The minimum atomic E-state index is -1.07. The monoisotopic (exact) mass is 500 g/mol. The lowest BCUT2D eigenvalue weighted by Crippen LogP contribution is -2.39. The normalized spacial score (nSPS) is 13.4. The Morgan fingerprint density at radius 1 is 1.14 bits per heavy atom. The Hall–Kier alpha value is -1.74. The molecule has 0 amide bonds. The molecule has 0 saturated heterocycles. The Bertz CT molecular complexity index is 729. The number of hydrogen-bond acceptors (Lipinski definition) is 4. The second-order valence-corrected chi connectivity index (χ2v) is 6.87. The molecule has 0 radical (unpaired) electrons. The van der Waals surface area contributed by atoms with Gasteiger partial charge in [0.15, 0.2) is 5.96 Å². The first-order valence-corrected chi connectivity index (χ1v) is 9.53. The van der Waals surface area contributed by atoms with E-state index in [1.54, 1.807) is 6.92 Å². The molecule has 156 valence electrons. The summed E-state index contributed by atoms with van der Waals surface area (Å²) in [7, 11) is 0. The molecule has 0 aliphatic carbocycles. The fourth-order valence-corrected chi connectivity index (χ4v) is 2.91. The van der Waals surface area contributed by atoms with E-state index in [1.807, 2.05) is 45.0 Å². The molecule has 0 aliphatic rings. The van der Waals surface area contributed by atoms with E-state index in [-0.39, 0.29) is 30.5 Å². The van der Waals surface area contributed by atoms with Gasteiger partial charge < -0.3 is 25.5 Å². The van der Waals surface area contributed by atoms with Crippen molar-refractivity contribution in [2.45, 2.75) is 39.7 Å². The Balaban J connectivity index is 0.00000392. The minimum absolute atomic E-state index is 0. The molecule has 28 heavy (non-hydrogen) atoms. The van der Waals surface area contributed by atoms with Crippen molar-refractivity contribution in [3.05, 3.63) is 53.5 Å². The molecule has 1 aromatic heterocycles. The highest BCUT2D eigenvalue weighted by atomic mass is 127. The number of aliphatic hydroxyl groups is 1. The number of benzene rings is 1. The van der Waals surface area contributed by atoms with Gasteiger partial charge in [-0.2, -0.15) is 0 Å². The maximum atomic E-state index is 10.8. The highest BCUT2D eigenvalue weighted by Crippen LogP contribution is 2.27. The summed E-state index contributed by atoms with van der Waals surface area (Å²) >= 11 is 0. The van der Waals surface area contributed by atoms with Gasteiger partial charge in [-0.25, -0.2) is 4.99 Å². The molecule has 0 spiro atoms. The van der Waals surface area contributed by atoms with Crippen LogP contribution in [0.15, 0.2) is 45.8 Å². The molecule has 1 heterocycles. The van der Waals surface area contributed by atoms with E-state index in [4.69, 9.17) is 4.42 Å². The maximum Gasteiger partial charge on any atom is 0.191 e. The second kappa shape index (κ2) is 12.0. The van der Waals surface area contributed by atoms with Gasteiger partial charge in [-0.05, 0) is 52.3 Å². The van der Waals surface area contributed by atoms with Crippen LogP contribution in [0.1, 0.15) is 37.4 Å². The molecule has 0 bridgehead atoms. The van der Waals surface area contributed by atoms with Crippen LogP contribution >= 0.6 is 24.0 Å². The zero-order chi connectivity index (χ0) is 19.7. The Labute approximate surface area is 185 Å². The zero-order valence-electron chi connectivity index (χ0n) is 17.2. The number of aryl methyl sites for hydroxylation is 2. The summed E-state index contributed by atoms with van der Waals surface area (Å²) in [5.41, 5.74) is 0.838. The Kier molecular flexibility index (Phi) is 10.4. The van der Waals surface area contributed by atoms with Gasteiger partial charge in [-0.15, -0.1) is 24.0 Å². The van der Waals surface area contributed by atoms with E-state index in [2.05, 4.69) is 33.1 Å². The van der Waals surface area contributed by atoms with Crippen molar-refractivity contribution < 1.29 is 9.52 Å². The Morgan fingerprint density at radius 3 is 2.46 bits per heavy atom. The molecule has 0 aliphatic heterocycles. The first-order valence-electron chi connectivity index (χ1n) is 9.53. The molecular weight excluding hydrogens is 467 g/mol. The third-order valence-corrected chi connectivity index (χ3v) is 4.26. The molecule has 2 aromatic rings. The number of anilines is 1. The topological polar surface area (TPSA) is 81.8 Å². The number of rotatable bonds is 9. The summed E-state index contributed by atoms with van der Waals surface area (Å²) in [4.78, 5) is 4.55. The van der Waals surface area contributed by atoms with Crippen molar-refractivity contribution in [2.24, 2.45) is 4.99 Å². The van der Waals surface area contributed by atoms with Crippen molar-refractivity contribution in [3.63, 3.8) is 0 Å². The van der Waals surface area contributed by atoms with Crippen LogP contribution in [0.4, 0.5) is 5.69 Å². The molecule has 4 N–H and O–H groups in total. The van der Waals surface area contributed by atoms with E-state index in [0.717, 1.165) is 48.8 Å². The SMILES string of the molecule is CCNC(=NCC(C)(O)c1cc(C)oc1C)NCCCNc1ccccc1.I. The van der Waals surface area contributed by atoms with Crippen LogP contribution in [0.3, 0.4) is 0 Å². The lowest BCUT2D eigenvalue weighted by molar-refractivity contribution is 0.0657. The first kappa shape index (κ1) is 24.3. The highest BCUT2D eigenvalue weighted by molar-refractivity contribution is 14.0. The number of furan rings is 1. The number of halogens is 1. The third kappa shape index (κ3) is 7.71. The average molecular weight is 500 g/mol. The summed E-state index contributed by atoms with van der Waals surface area (Å²) < 4.78 is 5.54. The number of nitrogens with one attached hydrogen (secondary N) is 3. The number of nitrogens with zero attached hydrogens (tertiary/aromatic N) is 1. The van der Waals surface area contributed by atoms with Crippen LogP contribution in [0, 0.1) is 13.8 Å². The van der Waals surface area contributed by atoms with Crippen molar-refractivity contribution in [1.29, 1.82) is 0 Å². The van der Waals surface area contributed by atoms with Gasteiger partial charge in [0.2, 0.25) is 0 Å². The smallest absolute Gasteiger partial charge is 0.191 e. The van der Waals surface area contributed by atoms with Gasteiger partial charge in [0, 0.05) is 30.9 Å². The van der Waals surface area contributed by atoms with Crippen LogP contribution < -0.4 is 16.0 Å². The van der Waals surface area contributed by atoms with Gasteiger partial charge in [0.05, 0.1) is 6.54 Å². The standard InChI is InChI=1S/C21H32N4O2.HI/c1-5-22-20(24-13-9-12-23-18-10-7-6-8-11-18)25-15-21(4,26)19-14-16(2)27-17(19)3;/h6-8,10-11,14,23,26H,5,9,12-13,15H2,1-4H3,(H2,22,24,25);1H. The van der Waals surface area contributed by atoms with Crippen molar-refractivity contribution in [3.8, 4) is 0 Å². The summed E-state index contributed by atoms with van der Waals surface area (Å²) in [6, 6.07) is 12.0. The van der Waals surface area contributed by atoms with E-state index in [9.17, 15) is 5.11 Å². The molecule has 1 unspecified atom stereocenters. The summed E-state index contributed by atoms with van der Waals surface area (Å²) in [6.45, 7) is 10.2. The first-order chi connectivity index (χ1) is 12.9. The molecule has 0 saturated carbocycles. The van der Waals surface area contributed by atoms with Gasteiger partial charge in [-0.3, -0.25) is 0 Å². The molecular formula is C21H33IN4O2. The molecule has 0 fully saturated rings. The molecule has 1 aromatic carbocycles. The van der Waals surface area contributed by atoms with Gasteiger partial charge in [0.25, 0.3) is 0 Å². The minimum Gasteiger partial charge on any atom is -0.466 e. The second-order valence-electron chi connectivity index (χ2n) is 6.87. The van der Waals surface area contributed by atoms with E-state index in [0.29, 0.717) is 5.96 Å². The number of guanidine groups is 1. The lowest BCUT2D eigenvalue weighted by Gasteiger charge is -2.21. The van der Waals surface area contributed by atoms with Crippen molar-refractivity contribution >= 4 is 35.6 Å². The average Bonchev–Trinajstić information content (AvgIpc) is 2.99. The quantitative estimate of drug-likeness (QED) is 0.182. The van der Waals surface area contributed by atoms with Crippen LogP contribution in [0.25, 0.3) is 0 Å². The van der Waals surface area contributed by atoms with Crippen LogP contribution in [-0.4, -0.2) is 37.2 Å². The molecule has 1 atom stereocenters. The van der Waals surface area contributed by atoms with Gasteiger partial charge >= 0.3 is 0 Å². The highest BCUT2D eigenvalue weighted by Gasteiger charge is 2.27.